The summed E-state index contributed by atoms with van der Waals surface area (Å²) >= 11 is 0. The summed E-state index contributed by atoms with van der Waals surface area (Å²) in [7, 11) is 0. The van der Waals surface area contributed by atoms with E-state index in [0.29, 0.717) is 6.04 Å². The van der Waals surface area contributed by atoms with Crippen LogP contribution in [0.5, 0.6) is 0 Å². The molecule has 2 saturated heterocycles. The van der Waals surface area contributed by atoms with Crippen LogP contribution < -0.4 is 16.0 Å². The summed E-state index contributed by atoms with van der Waals surface area (Å²) < 4.78 is 6.54. The normalized spacial score (nSPS) is 19.7. The van der Waals surface area contributed by atoms with Gasteiger partial charge < -0.3 is 20.7 Å². The predicted octanol–water partition coefficient (Wildman–Crippen LogP) is 3.33. The van der Waals surface area contributed by atoms with Gasteiger partial charge in [-0.25, -0.2) is 14.3 Å². The van der Waals surface area contributed by atoms with Gasteiger partial charge in [0.2, 0.25) is 0 Å². The molecule has 0 spiro atoms. The number of hydrogen-bond donors (Lipinski definition) is 2. The molecule has 0 aliphatic carbocycles. The molecule has 2 fully saturated rings. The minimum Gasteiger partial charge on any atom is -0.444 e. The fraction of sp³-hybridized carbons (Fsp3) is 0.667. The van der Waals surface area contributed by atoms with Gasteiger partial charge in [-0.05, 0) is 71.6 Å². The number of ether oxygens (including phenoxy) is 1. The summed E-state index contributed by atoms with van der Waals surface area (Å²) in [5, 5.41) is 8.39. The smallest absolute Gasteiger partial charge is 0.405 e. The summed E-state index contributed by atoms with van der Waals surface area (Å²) in [6, 6.07) is 2.57. The van der Waals surface area contributed by atoms with Crippen LogP contribution in [0.2, 0.25) is 0 Å². The molecule has 0 radical (unpaired) electrons. The number of amides is 1. The zero-order chi connectivity index (χ0) is 21.0. The molecule has 0 aromatic carbocycles. The zero-order valence-electron chi connectivity index (χ0n) is 18.1. The third kappa shape index (κ3) is 5.82. The second-order valence-electron chi connectivity index (χ2n) is 8.85. The van der Waals surface area contributed by atoms with E-state index >= 15 is 0 Å². The lowest BCUT2D eigenvalue weighted by Gasteiger charge is -2.21. The third-order valence-electron chi connectivity index (χ3n) is 5.11. The number of nitrogens with zero attached hydrogens (tertiary/aromatic N) is 4. The maximum atomic E-state index is 10.0. The van der Waals surface area contributed by atoms with Crippen LogP contribution in [-0.4, -0.2) is 45.9 Å². The highest BCUT2D eigenvalue weighted by Gasteiger charge is 2.20. The van der Waals surface area contributed by atoms with Crippen LogP contribution in [0.1, 0.15) is 70.2 Å². The standard InChI is InChI=1S/C16H23N5.C5H11NO2/c1-12-10-15-18-14(13-6-2-3-7-17-13)11-21(15)19-16(12)20-8-4-5-9-20;1-5(2,3)8-4(6)7/h10-11,13,17H,2-9H2,1H3;1-3H3,(H2,6,7). The number of nitrogens with two attached hydrogens (primary N) is 1. The minimum absolute atomic E-state index is 0.399. The fourth-order valence-corrected chi connectivity index (χ4v) is 3.84. The number of primary amides is 1. The van der Waals surface area contributed by atoms with Crippen LogP contribution in [0, 0.1) is 6.92 Å². The monoisotopic (exact) mass is 402 g/mol. The number of carbonyl (C=O) groups excluding carboxylic acids is 1. The maximum absolute atomic E-state index is 10.0. The number of rotatable bonds is 2. The highest BCUT2D eigenvalue weighted by atomic mass is 16.6. The van der Waals surface area contributed by atoms with Crippen molar-refractivity contribution in [2.75, 3.05) is 24.5 Å². The predicted molar refractivity (Wildman–Crippen MR) is 114 cm³/mol. The molecule has 1 unspecified atom stereocenters. The Kier molecular flexibility index (Phi) is 6.62. The van der Waals surface area contributed by atoms with Crippen LogP contribution in [0.15, 0.2) is 12.3 Å². The summed E-state index contributed by atoms with van der Waals surface area (Å²) in [5.41, 5.74) is 7.61. The molecule has 160 valence electrons. The van der Waals surface area contributed by atoms with Crippen molar-refractivity contribution in [1.29, 1.82) is 0 Å². The number of anilines is 1. The van der Waals surface area contributed by atoms with E-state index in [4.69, 9.17) is 15.8 Å². The Labute approximate surface area is 172 Å². The molecule has 3 N–H and O–H groups in total. The molecule has 1 atom stereocenters. The van der Waals surface area contributed by atoms with E-state index in [1.165, 1.54) is 37.7 Å². The summed E-state index contributed by atoms with van der Waals surface area (Å²) in [6.45, 7) is 10.8. The average molecular weight is 403 g/mol. The number of aryl methyl sites for hydroxylation is 1. The molecular formula is C21H34N6O2. The van der Waals surface area contributed by atoms with E-state index in [0.717, 1.165) is 36.8 Å². The molecule has 1 amide bonds. The summed E-state index contributed by atoms with van der Waals surface area (Å²) in [6.07, 6.45) is 7.69. The average Bonchev–Trinajstić information content (AvgIpc) is 3.29. The second-order valence-corrected chi connectivity index (χ2v) is 8.85. The van der Waals surface area contributed by atoms with Gasteiger partial charge in [0.1, 0.15) is 5.60 Å². The SMILES string of the molecule is CC(C)(C)OC(N)=O.Cc1cc2nc(C3CCCCN3)cn2nc1N1CCCC1. The largest absolute Gasteiger partial charge is 0.444 e. The van der Waals surface area contributed by atoms with Gasteiger partial charge in [0.25, 0.3) is 0 Å². The lowest BCUT2D eigenvalue weighted by Crippen LogP contribution is -2.27. The Balaban J connectivity index is 0.000000258. The second kappa shape index (κ2) is 8.98. The summed E-state index contributed by atoms with van der Waals surface area (Å²) in [4.78, 5) is 17.2. The van der Waals surface area contributed by atoms with Gasteiger partial charge in [-0.2, -0.15) is 0 Å². The number of carbonyl (C=O) groups is 1. The van der Waals surface area contributed by atoms with E-state index in [1.54, 1.807) is 20.8 Å². The first-order valence-electron chi connectivity index (χ1n) is 10.6. The van der Waals surface area contributed by atoms with Crippen LogP contribution in [-0.2, 0) is 4.74 Å². The van der Waals surface area contributed by atoms with Gasteiger partial charge in [-0.15, -0.1) is 5.10 Å². The topological polar surface area (TPSA) is 97.8 Å². The van der Waals surface area contributed by atoms with E-state index in [1.807, 2.05) is 4.52 Å². The minimum atomic E-state index is -0.725. The highest BCUT2D eigenvalue weighted by molar-refractivity contribution is 5.65. The Morgan fingerprint density at radius 1 is 1.24 bits per heavy atom. The lowest BCUT2D eigenvalue weighted by atomic mass is 10.0. The van der Waals surface area contributed by atoms with Gasteiger partial charge in [0.05, 0.1) is 17.9 Å². The van der Waals surface area contributed by atoms with Gasteiger partial charge in [-0.3, -0.25) is 0 Å². The molecular weight excluding hydrogens is 368 g/mol. The van der Waals surface area contributed by atoms with Crippen molar-refractivity contribution >= 4 is 17.6 Å². The quantitative estimate of drug-likeness (QED) is 0.800. The van der Waals surface area contributed by atoms with Crippen molar-refractivity contribution in [3.63, 3.8) is 0 Å². The molecule has 0 saturated carbocycles. The van der Waals surface area contributed by atoms with E-state index in [9.17, 15) is 4.79 Å². The van der Waals surface area contributed by atoms with Crippen molar-refractivity contribution in [3.8, 4) is 0 Å². The van der Waals surface area contributed by atoms with Crippen LogP contribution in [0.3, 0.4) is 0 Å². The van der Waals surface area contributed by atoms with E-state index in [2.05, 4.69) is 34.1 Å². The Hall–Kier alpha value is -2.35. The molecule has 2 aliphatic heterocycles. The number of imidazole rings is 1. The lowest BCUT2D eigenvalue weighted by molar-refractivity contribution is 0.0600. The van der Waals surface area contributed by atoms with Crippen molar-refractivity contribution in [2.45, 2.75) is 71.4 Å². The zero-order valence-corrected chi connectivity index (χ0v) is 18.1. The van der Waals surface area contributed by atoms with Crippen molar-refractivity contribution in [3.05, 3.63) is 23.5 Å². The van der Waals surface area contributed by atoms with Gasteiger partial charge in [-0.1, -0.05) is 6.42 Å². The molecule has 8 nitrogen and oxygen atoms in total. The van der Waals surface area contributed by atoms with Crippen LogP contribution >= 0.6 is 0 Å². The van der Waals surface area contributed by atoms with Crippen molar-refractivity contribution < 1.29 is 9.53 Å². The maximum Gasteiger partial charge on any atom is 0.405 e. The Bertz CT molecular complexity index is 830. The molecule has 29 heavy (non-hydrogen) atoms. The van der Waals surface area contributed by atoms with Crippen LogP contribution in [0.25, 0.3) is 5.65 Å². The number of aromatic nitrogens is 3. The van der Waals surface area contributed by atoms with E-state index < -0.39 is 11.7 Å². The Morgan fingerprint density at radius 3 is 2.52 bits per heavy atom. The van der Waals surface area contributed by atoms with Crippen molar-refractivity contribution in [1.82, 2.24) is 19.9 Å². The first kappa shape index (κ1) is 21.4. The first-order chi connectivity index (χ1) is 13.7. The molecule has 0 bridgehead atoms. The van der Waals surface area contributed by atoms with Gasteiger partial charge >= 0.3 is 6.09 Å². The number of piperidine rings is 1. The number of nitrogens with one attached hydrogen (secondary N) is 1. The molecule has 2 aliphatic rings. The molecule has 4 heterocycles. The number of fused-ring (bicyclic) bond motifs is 1. The highest BCUT2D eigenvalue weighted by Crippen LogP contribution is 2.25. The number of hydrogen-bond acceptors (Lipinski definition) is 6. The molecule has 2 aromatic rings. The van der Waals surface area contributed by atoms with Crippen LogP contribution in [0.4, 0.5) is 10.6 Å². The van der Waals surface area contributed by atoms with E-state index in [-0.39, 0.29) is 0 Å². The molecule has 4 rings (SSSR count). The first-order valence-corrected chi connectivity index (χ1v) is 10.6. The molecule has 2 aromatic heterocycles. The van der Waals surface area contributed by atoms with Gasteiger partial charge in [0.15, 0.2) is 11.5 Å². The third-order valence-corrected chi connectivity index (χ3v) is 5.11. The fourth-order valence-electron chi connectivity index (χ4n) is 3.84. The Morgan fingerprint density at radius 2 is 1.97 bits per heavy atom. The summed E-state index contributed by atoms with van der Waals surface area (Å²) in [5.74, 6) is 1.13. The molecule has 8 heteroatoms. The van der Waals surface area contributed by atoms with Crippen molar-refractivity contribution in [2.24, 2.45) is 5.73 Å². The van der Waals surface area contributed by atoms with Gasteiger partial charge in [0, 0.05) is 13.1 Å².